The van der Waals surface area contributed by atoms with Gasteiger partial charge in [-0.05, 0) is 26.1 Å². The maximum atomic E-state index is 11.3. The number of ether oxygens (including phenoxy) is 1. The van der Waals surface area contributed by atoms with Crippen molar-refractivity contribution in [3.05, 3.63) is 26.9 Å². The Labute approximate surface area is 97.7 Å². The van der Waals surface area contributed by atoms with Crippen LogP contribution in [0.25, 0.3) is 0 Å². The molecule has 0 unspecified atom stereocenters. The van der Waals surface area contributed by atoms with E-state index in [1.54, 1.807) is 17.7 Å². The van der Waals surface area contributed by atoms with E-state index in [0.717, 1.165) is 0 Å². The first-order chi connectivity index (χ1) is 7.49. The summed E-state index contributed by atoms with van der Waals surface area (Å²) < 4.78 is 7.56. The van der Waals surface area contributed by atoms with Crippen LogP contribution in [0.4, 0.5) is 0 Å². The molecule has 6 heteroatoms. The van der Waals surface area contributed by atoms with E-state index in [0.29, 0.717) is 16.8 Å². The Balaban J connectivity index is 2.39. The number of aliphatic hydroxyl groups excluding tert-OH is 1. The zero-order valence-electron chi connectivity index (χ0n) is 9.14. The fraction of sp³-hybridized carbons (Fsp3) is 0.600. The molecule has 0 spiro atoms. The normalized spacial score (nSPS) is 29.6. The molecule has 16 heavy (non-hydrogen) atoms. The van der Waals surface area contributed by atoms with Gasteiger partial charge < -0.3 is 9.84 Å². The number of rotatable bonds is 1. The lowest BCUT2D eigenvalue weighted by molar-refractivity contribution is -0.00931. The molecule has 3 atom stereocenters. The largest absolute Gasteiger partial charge is 0.390 e. The van der Waals surface area contributed by atoms with Crippen LogP contribution in [0, 0.1) is 11.7 Å². The minimum Gasteiger partial charge on any atom is -0.390 e. The van der Waals surface area contributed by atoms with Crippen LogP contribution in [0.15, 0.2) is 11.0 Å². The molecule has 0 aliphatic carbocycles. The molecule has 1 fully saturated rings. The van der Waals surface area contributed by atoms with Crippen molar-refractivity contribution in [3.63, 3.8) is 0 Å². The van der Waals surface area contributed by atoms with Gasteiger partial charge in [0, 0.05) is 18.2 Å². The molecule has 0 amide bonds. The first-order valence-corrected chi connectivity index (χ1v) is 5.55. The molecule has 1 aliphatic rings. The first-order valence-electron chi connectivity index (χ1n) is 5.14. The Kier molecular flexibility index (Phi) is 2.96. The standard InChI is InChI=1S/C10H14N2O3S/c1-5-4-12(10(16)11-9(5)14)8-3-7(13)6(2)15-8/h4,6-8,13H,3H2,1-2H3,(H,11,14,16)/t6-,7+,8-/m1/s1. The number of aromatic amines is 1. The van der Waals surface area contributed by atoms with Gasteiger partial charge in [-0.1, -0.05) is 0 Å². The van der Waals surface area contributed by atoms with Crippen molar-refractivity contribution in [2.45, 2.75) is 38.7 Å². The maximum absolute atomic E-state index is 11.3. The highest BCUT2D eigenvalue weighted by Gasteiger charge is 2.31. The lowest BCUT2D eigenvalue weighted by Gasteiger charge is -2.15. The van der Waals surface area contributed by atoms with Crippen LogP contribution in [0.5, 0.6) is 0 Å². The van der Waals surface area contributed by atoms with Crippen molar-refractivity contribution in [1.82, 2.24) is 9.55 Å². The molecular weight excluding hydrogens is 228 g/mol. The highest BCUT2D eigenvalue weighted by atomic mass is 32.1. The molecule has 0 radical (unpaired) electrons. The highest BCUT2D eigenvalue weighted by molar-refractivity contribution is 7.71. The SMILES string of the molecule is Cc1cn([C@H]2C[C@H](O)[C@@H](C)O2)c(=S)[nH]c1=O. The molecule has 1 aliphatic heterocycles. The molecule has 2 rings (SSSR count). The van der Waals surface area contributed by atoms with Crippen LogP contribution in [0.2, 0.25) is 0 Å². The minimum atomic E-state index is -0.487. The van der Waals surface area contributed by atoms with E-state index in [1.807, 2.05) is 6.92 Å². The summed E-state index contributed by atoms with van der Waals surface area (Å²) in [6.07, 6.45) is 1.16. The smallest absolute Gasteiger partial charge is 0.254 e. The quantitative estimate of drug-likeness (QED) is 0.717. The molecule has 1 aromatic rings. The second kappa shape index (κ2) is 4.12. The second-order valence-corrected chi connectivity index (χ2v) is 4.46. The maximum Gasteiger partial charge on any atom is 0.254 e. The zero-order chi connectivity index (χ0) is 11.9. The van der Waals surface area contributed by atoms with Crippen molar-refractivity contribution in [3.8, 4) is 0 Å². The number of hydrogen-bond donors (Lipinski definition) is 2. The van der Waals surface area contributed by atoms with E-state index in [2.05, 4.69) is 4.98 Å². The Bertz CT molecular complexity index is 498. The van der Waals surface area contributed by atoms with Gasteiger partial charge in [0.05, 0.1) is 12.2 Å². The van der Waals surface area contributed by atoms with Crippen molar-refractivity contribution in [1.29, 1.82) is 0 Å². The lowest BCUT2D eigenvalue weighted by atomic mass is 10.2. The summed E-state index contributed by atoms with van der Waals surface area (Å²) in [5.41, 5.74) is 0.388. The van der Waals surface area contributed by atoms with E-state index in [9.17, 15) is 9.90 Å². The fourth-order valence-electron chi connectivity index (χ4n) is 1.77. The van der Waals surface area contributed by atoms with Gasteiger partial charge >= 0.3 is 0 Å². The molecule has 2 N–H and O–H groups in total. The Morgan fingerprint density at radius 2 is 2.38 bits per heavy atom. The summed E-state index contributed by atoms with van der Waals surface area (Å²) in [5.74, 6) is 0. The van der Waals surface area contributed by atoms with Crippen LogP contribution in [0.3, 0.4) is 0 Å². The van der Waals surface area contributed by atoms with E-state index < -0.39 is 6.10 Å². The van der Waals surface area contributed by atoms with Crippen LogP contribution in [-0.2, 0) is 4.74 Å². The number of aromatic nitrogens is 2. The summed E-state index contributed by atoms with van der Waals surface area (Å²) in [6.45, 7) is 3.52. The van der Waals surface area contributed by atoms with Crippen molar-refractivity contribution in [2.24, 2.45) is 0 Å². The number of nitrogens with one attached hydrogen (secondary N) is 1. The predicted molar refractivity (Wildman–Crippen MR) is 60.8 cm³/mol. The molecule has 0 bridgehead atoms. The number of nitrogens with zero attached hydrogens (tertiary/aromatic N) is 1. The number of hydrogen-bond acceptors (Lipinski definition) is 4. The summed E-state index contributed by atoms with van der Waals surface area (Å²) >= 11 is 5.06. The second-order valence-electron chi connectivity index (χ2n) is 4.08. The first kappa shape index (κ1) is 11.5. The average molecular weight is 242 g/mol. The van der Waals surface area contributed by atoms with E-state index >= 15 is 0 Å². The summed E-state index contributed by atoms with van der Waals surface area (Å²) in [7, 11) is 0. The van der Waals surface area contributed by atoms with Crippen molar-refractivity contribution < 1.29 is 9.84 Å². The molecule has 1 aromatic heterocycles. The third-order valence-electron chi connectivity index (χ3n) is 2.81. The number of aliphatic hydroxyl groups is 1. The van der Waals surface area contributed by atoms with Crippen LogP contribution < -0.4 is 5.56 Å². The molecule has 1 saturated heterocycles. The monoisotopic (exact) mass is 242 g/mol. The van der Waals surface area contributed by atoms with Gasteiger partial charge in [-0.3, -0.25) is 14.3 Å². The minimum absolute atomic E-state index is 0.187. The number of aryl methyl sites for hydroxylation is 1. The van der Waals surface area contributed by atoms with Crippen LogP contribution >= 0.6 is 12.2 Å². The summed E-state index contributed by atoms with van der Waals surface area (Å²) in [5, 5.41) is 9.60. The Morgan fingerprint density at radius 3 is 2.94 bits per heavy atom. The van der Waals surface area contributed by atoms with Gasteiger partial charge in [-0.2, -0.15) is 0 Å². The summed E-state index contributed by atoms with van der Waals surface area (Å²) in [4.78, 5) is 13.9. The predicted octanol–water partition coefficient (Wildman–Crippen LogP) is 0.883. The Hall–Kier alpha value is -0.980. The number of H-pyrrole nitrogens is 1. The van der Waals surface area contributed by atoms with Gasteiger partial charge in [0.2, 0.25) is 0 Å². The molecular formula is C10H14N2O3S. The van der Waals surface area contributed by atoms with Crippen molar-refractivity contribution >= 4 is 12.2 Å². The average Bonchev–Trinajstić information content (AvgIpc) is 2.53. The lowest BCUT2D eigenvalue weighted by Crippen LogP contribution is -2.19. The molecule has 2 heterocycles. The third kappa shape index (κ3) is 1.95. The topological polar surface area (TPSA) is 67.2 Å². The molecule has 88 valence electrons. The van der Waals surface area contributed by atoms with E-state index in [1.165, 1.54) is 0 Å². The van der Waals surface area contributed by atoms with E-state index in [4.69, 9.17) is 17.0 Å². The van der Waals surface area contributed by atoms with Gasteiger partial charge in [0.1, 0.15) is 6.23 Å². The Morgan fingerprint density at radius 1 is 1.69 bits per heavy atom. The van der Waals surface area contributed by atoms with Gasteiger partial charge in [0.15, 0.2) is 4.77 Å². The fourth-order valence-corrected chi connectivity index (χ4v) is 2.03. The van der Waals surface area contributed by atoms with Crippen molar-refractivity contribution in [2.75, 3.05) is 0 Å². The van der Waals surface area contributed by atoms with Gasteiger partial charge in [-0.25, -0.2) is 0 Å². The molecule has 0 aromatic carbocycles. The molecule has 0 saturated carbocycles. The highest BCUT2D eigenvalue weighted by Crippen LogP contribution is 2.28. The third-order valence-corrected chi connectivity index (χ3v) is 3.13. The van der Waals surface area contributed by atoms with Gasteiger partial charge in [0.25, 0.3) is 5.56 Å². The summed E-state index contributed by atoms with van der Waals surface area (Å²) in [6, 6.07) is 0. The zero-order valence-corrected chi connectivity index (χ0v) is 9.95. The van der Waals surface area contributed by atoms with Crippen LogP contribution in [0.1, 0.15) is 25.1 Å². The molecule has 5 nitrogen and oxygen atoms in total. The van der Waals surface area contributed by atoms with E-state index in [-0.39, 0.29) is 17.9 Å². The van der Waals surface area contributed by atoms with Gasteiger partial charge in [-0.15, -0.1) is 0 Å². The van der Waals surface area contributed by atoms with Crippen LogP contribution in [-0.4, -0.2) is 26.9 Å².